The second-order valence-electron chi connectivity index (χ2n) is 5.76. The van der Waals surface area contributed by atoms with Crippen LogP contribution in [0.25, 0.3) is 10.9 Å². The van der Waals surface area contributed by atoms with E-state index in [0.717, 1.165) is 23.7 Å². The van der Waals surface area contributed by atoms with Crippen LogP contribution in [0, 0.1) is 6.92 Å². The molecule has 1 aromatic carbocycles. The van der Waals surface area contributed by atoms with Crippen molar-refractivity contribution in [1.29, 1.82) is 0 Å². The van der Waals surface area contributed by atoms with Gasteiger partial charge in [0.05, 0.1) is 0 Å². The number of carbonyl (C=O) groups excluding carboxylic acids is 1. The monoisotopic (exact) mass is 256 g/mol. The average molecular weight is 256 g/mol. The third kappa shape index (κ3) is 2.03. The van der Waals surface area contributed by atoms with Gasteiger partial charge in [0.15, 0.2) is 0 Å². The lowest BCUT2D eigenvalue weighted by atomic mass is 10.2. The Kier molecular flexibility index (Phi) is 2.85. The molecule has 1 fully saturated rings. The van der Waals surface area contributed by atoms with Gasteiger partial charge in [0.1, 0.15) is 5.69 Å². The van der Waals surface area contributed by atoms with Crippen LogP contribution in [0.4, 0.5) is 0 Å². The number of nitrogens with one attached hydrogen (secondary N) is 1. The Balaban J connectivity index is 1.97. The number of amides is 1. The fourth-order valence-electron chi connectivity index (χ4n) is 3.10. The van der Waals surface area contributed by atoms with E-state index in [1.807, 2.05) is 17.0 Å². The number of hydrogen-bond acceptors (Lipinski definition) is 1. The molecule has 0 saturated carbocycles. The minimum atomic E-state index is 0.131. The van der Waals surface area contributed by atoms with Gasteiger partial charge in [-0.05, 0) is 51.8 Å². The van der Waals surface area contributed by atoms with Crippen LogP contribution in [0.3, 0.4) is 0 Å². The van der Waals surface area contributed by atoms with Crippen molar-refractivity contribution >= 4 is 16.8 Å². The van der Waals surface area contributed by atoms with E-state index in [4.69, 9.17) is 0 Å². The highest BCUT2D eigenvalue weighted by Gasteiger charge is 2.32. The molecule has 1 aliphatic rings. The summed E-state index contributed by atoms with van der Waals surface area (Å²) in [7, 11) is 0. The average Bonchev–Trinajstić information content (AvgIpc) is 2.92. The minimum absolute atomic E-state index is 0.131. The van der Waals surface area contributed by atoms with Crippen molar-refractivity contribution in [3.05, 3.63) is 35.5 Å². The molecule has 2 atom stereocenters. The normalized spacial score (nSPS) is 23.2. The van der Waals surface area contributed by atoms with Crippen LogP contribution in [0.15, 0.2) is 24.3 Å². The topological polar surface area (TPSA) is 36.1 Å². The highest BCUT2D eigenvalue weighted by Crippen LogP contribution is 2.26. The molecule has 100 valence electrons. The summed E-state index contributed by atoms with van der Waals surface area (Å²) in [5, 5.41) is 1.11. The highest BCUT2D eigenvalue weighted by atomic mass is 16.2. The summed E-state index contributed by atoms with van der Waals surface area (Å²) in [5.74, 6) is 0.131. The maximum Gasteiger partial charge on any atom is 0.270 e. The van der Waals surface area contributed by atoms with Crippen molar-refractivity contribution < 1.29 is 4.79 Å². The number of aromatic nitrogens is 1. The van der Waals surface area contributed by atoms with Gasteiger partial charge in [0.2, 0.25) is 0 Å². The van der Waals surface area contributed by atoms with E-state index in [9.17, 15) is 4.79 Å². The number of benzene rings is 1. The molecule has 0 radical (unpaired) electrons. The Morgan fingerprint density at radius 3 is 2.58 bits per heavy atom. The predicted octanol–water partition coefficient (Wildman–Crippen LogP) is 3.49. The van der Waals surface area contributed by atoms with Gasteiger partial charge in [0, 0.05) is 23.0 Å². The largest absolute Gasteiger partial charge is 0.351 e. The van der Waals surface area contributed by atoms with Crippen molar-refractivity contribution in [3.63, 3.8) is 0 Å². The molecule has 2 heterocycles. The summed E-state index contributed by atoms with van der Waals surface area (Å²) in [6.45, 7) is 6.33. The number of aromatic amines is 1. The Bertz CT molecular complexity index is 619. The molecular formula is C16H20N2O. The Labute approximate surface area is 113 Å². The van der Waals surface area contributed by atoms with E-state index in [1.54, 1.807) is 0 Å². The molecule has 1 N–H and O–H groups in total. The molecule has 2 aromatic rings. The van der Waals surface area contributed by atoms with Gasteiger partial charge >= 0.3 is 0 Å². The highest BCUT2D eigenvalue weighted by molar-refractivity contribution is 5.98. The van der Waals surface area contributed by atoms with E-state index in [-0.39, 0.29) is 5.91 Å². The first-order valence-electron chi connectivity index (χ1n) is 6.98. The van der Waals surface area contributed by atoms with Crippen LogP contribution in [0.2, 0.25) is 0 Å². The van der Waals surface area contributed by atoms with E-state index in [1.165, 1.54) is 5.56 Å². The summed E-state index contributed by atoms with van der Waals surface area (Å²) in [5.41, 5.74) is 2.96. The number of rotatable bonds is 1. The first-order valence-corrected chi connectivity index (χ1v) is 6.98. The molecule has 0 aliphatic carbocycles. The van der Waals surface area contributed by atoms with Gasteiger partial charge in [-0.2, -0.15) is 0 Å². The maximum absolute atomic E-state index is 12.6. The predicted molar refractivity (Wildman–Crippen MR) is 77.4 cm³/mol. The van der Waals surface area contributed by atoms with Crippen molar-refractivity contribution in [2.45, 2.75) is 45.7 Å². The van der Waals surface area contributed by atoms with E-state index < -0.39 is 0 Å². The molecule has 19 heavy (non-hydrogen) atoms. The molecule has 0 spiro atoms. The molecule has 1 saturated heterocycles. The summed E-state index contributed by atoms with van der Waals surface area (Å²) in [6.07, 6.45) is 2.21. The fourth-order valence-corrected chi connectivity index (χ4v) is 3.10. The second-order valence-corrected chi connectivity index (χ2v) is 5.76. The lowest BCUT2D eigenvalue weighted by molar-refractivity contribution is 0.0688. The number of fused-ring (bicyclic) bond motifs is 1. The molecule has 2 unspecified atom stereocenters. The van der Waals surface area contributed by atoms with Crippen molar-refractivity contribution in [3.8, 4) is 0 Å². The van der Waals surface area contributed by atoms with Crippen molar-refractivity contribution in [2.24, 2.45) is 0 Å². The molecule has 1 amide bonds. The van der Waals surface area contributed by atoms with Crippen LogP contribution >= 0.6 is 0 Å². The molecule has 3 nitrogen and oxygen atoms in total. The van der Waals surface area contributed by atoms with Crippen LogP contribution in [-0.2, 0) is 0 Å². The number of likely N-dealkylation sites (tertiary alicyclic amines) is 1. The van der Waals surface area contributed by atoms with Crippen LogP contribution in [-0.4, -0.2) is 27.9 Å². The number of hydrogen-bond donors (Lipinski definition) is 1. The lowest BCUT2D eigenvalue weighted by Crippen LogP contribution is -2.38. The van der Waals surface area contributed by atoms with Gasteiger partial charge in [0.25, 0.3) is 5.91 Å². The quantitative estimate of drug-likeness (QED) is 0.833. The summed E-state index contributed by atoms with van der Waals surface area (Å²) >= 11 is 0. The van der Waals surface area contributed by atoms with E-state index in [2.05, 4.69) is 37.9 Å². The summed E-state index contributed by atoms with van der Waals surface area (Å²) < 4.78 is 0. The Hall–Kier alpha value is -1.77. The van der Waals surface area contributed by atoms with Gasteiger partial charge in [-0.15, -0.1) is 0 Å². The van der Waals surface area contributed by atoms with Crippen molar-refractivity contribution in [2.75, 3.05) is 0 Å². The number of carbonyl (C=O) groups is 1. The SMILES string of the molecule is Cc1ccc2[nH]c(C(=O)N3C(C)CCC3C)cc2c1. The van der Waals surface area contributed by atoms with Gasteiger partial charge < -0.3 is 9.88 Å². The molecule has 3 rings (SSSR count). The van der Waals surface area contributed by atoms with E-state index in [0.29, 0.717) is 17.8 Å². The van der Waals surface area contributed by atoms with Crippen LogP contribution in [0.5, 0.6) is 0 Å². The maximum atomic E-state index is 12.6. The standard InChI is InChI=1S/C16H20N2O/c1-10-4-7-14-13(8-10)9-15(17-14)16(19)18-11(2)5-6-12(18)3/h4,7-9,11-12,17H,5-6H2,1-3H3. The first-order chi connectivity index (χ1) is 9.06. The molecule has 0 bridgehead atoms. The van der Waals surface area contributed by atoms with Crippen LogP contribution < -0.4 is 0 Å². The number of nitrogens with zero attached hydrogens (tertiary/aromatic N) is 1. The third-order valence-electron chi connectivity index (χ3n) is 4.19. The molecular weight excluding hydrogens is 236 g/mol. The van der Waals surface area contributed by atoms with Gasteiger partial charge in [-0.3, -0.25) is 4.79 Å². The second kappa shape index (κ2) is 4.41. The third-order valence-corrected chi connectivity index (χ3v) is 4.19. The zero-order valence-corrected chi connectivity index (χ0v) is 11.7. The molecule has 1 aromatic heterocycles. The Morgan fingerprint density at radius 2 is 1.89 bits per heavy atom. The Morgan fingerprint density at radius 1 is 1.21 bits per heavy atom. The zero-order chi connectivity index (χ0) is 13.6. The lowest BCUT2D eigenvalue weighted by Gasteiger charge is -2.25. The minimum Gasteiger partial charge on any atom is -0.351 e. The number of aryl methyl sites for hydroxylation is 1. The summed E-state index contributed by atoms with van der Waals surface area (Å²) in [4.78, 5) is 17.9. The fraction of sp³-hybridized carbons (Fsp3) is 0.438. The van der Waals surface area contributed by atoms with E-state index >= 15 is 0 Å². The van der Waals surface area contributed by atoms with Gasteiger partial charge in [-0.1, -0.05) is 11.6 Å². The molecule has 3 heteroatoms. The summed E-state index contributed by atoms with van der Waals surface area (Å²) in [6, 6.07) is 8.88. The van der Waals surface area contributed by atoms with Gasteiger partial charge in [-0.25, -0.2) is 0 Å². The zero-order valence-electron chi connectivity index (χ0n) is 11.7. The smallest absolute Gasteiger partial charge is 0.270 e. The van der Waals surface area contributed by atoms with Crippen LogP contribution in [0.1, 0.15) is 42.7 Å². The first kappa shape index (κ1) is 12.3. The number of H-pyrrole nitrogens is 1. The van der Waals surface area contributed by atoms with Crippen molar-refractivity contribution in [1.82, 2.24) is 9.88 Å². The molecule has 1 aliphatic heterocycles.